The minimum absolute atomic E-state index is 0.117. The molecule has 6 nitrogen and oxygen atoms in total. The molecule has 36 heavy (non-hydrogen) atoms. The number of allylic oxidation sites excluding steroid dienone is 2. The lowest BCUT2D eigenvalue weighted by Crippen LogP contribution is -2.38. The maximum absolute atomic E-state index is 15.3. The Balaban J connectivity index is 1.56. The summed E-state index contributed by atoms with van der Waals surface area (Å²) in [5, 5.41) is 6.65. The van der Waals surface area contributed by atoms with Crippen molar-refractivity contribution in [3.8, 4) is 16.8 Å². The second kappa shape index (κ2) is 10.1. The Bertz CT molecular complexity index is 1380. The highest BCUT2D eigenvalue weighted by Gasteiger charge is 2.33. The minimum atomic E-state index is -0.499. The first kappa shape index (κ1) is 25.4. The molecular weight excluding hydrogens is 455 g/mol. The monoisotopic (exact) mass is 488 g/mol. The number of likely N-dealkylation sites (tertiary alicyclic amines) is 1. The fraction of sp³-hybridized carbons (Fsp3) is 0.345. The number of hydrogen-bond donors (Lipinski definition) is 1. The van der Waals surface area contributed by atoms with Gasteiger partial charge in [-0.25, -0.2) is 18.9 Å². The molecule has 0 spiro atoms. The van der Waals surface area contributed by atoms with Crippen LogP contribution in [0.4, 0.5) is 4.39 Å². The molecule has 188 valence electrons. The predicted molar refractivity (Wildman–Crippen MR) is 141 cm³/mol. The Kier molecular flexibility index (Phi) is 7.11. The van der Waals surface area contributed by atoms with Gasteiger partial charge in [-0.1, -0.05) is 69.8 Å². The number of aromatic amines is 1. The lowest BCUT2D eigenvalue weighted by molar-refractivity contribution is -0.138. The number of nitrogens with one attached hydrogen (secondary N) is 1. The van der Waals surface area contributed by atoms with Crippen molar-refractivity contribution in [2.24, 2.45) is 11.3 Å². The zero-order valence-corrected chi connectivity index (χ0v) is 21.3. The SMILES string of the molecule is C=C/C=C\c1ccc(-c2ccc(-n3c(C[C@@H]4CCN(C(=O)C(C)(C)C)C4)n[nH]c3=O)c(F)c2)cc1C. The Morgan fingerprint density at radius 3 is 2.61 bits per heavy atom. The van der Waals surface area contributed by atoms with E-state index in [2.05, 4.69) is 16.8 Å². The normalized spacial score (nSPS) is 16.1. The number of aryl methyl sites for hydroxylation is 1. The molecule has 0 saturated carbocycles. The second-order valence-corrected chi connectivity index (χ2v) is 10.5. The van der Waals surface area contributed by atoms with Crippen LogP contribution in [0.3, 0.4) is 0 Å². The Labute approximate surface area is 211 Å². The number of H-pyrrole nitrogens is 1. The van der Waals surface area contributed by atoms with E-state index in [0.29, 0.717) is 25.3 Å². The molecule has 7 heteroatoms. The summed E-state index contributed by atoms with van der Waals surface area (Å²) < 4.78 is 16.6. The maximum Gasteiger partial charge on any atom is 0.348 e. The average molecular weight is 489 g/mol. The minimum Gasteiger partial charge on any atom is -0.342 e. The summed E-state index contributed by atoms with van der Waals surface area (Å²) in [6, 6.07) is 10.8. The molecule has 2 aromatic carbocycles. The molecule has 0 unspecified atom stereocenters. The number of rotatable bonds is 6. The van der Waals surface area contributed by atoms with Crippen LogP contribution in [-0.4, -0.2) is 38.7 Å². The third-order valence-electron chi connectivity index (χ3n) is 6.63. The fourth-order valence-electron chi connectivity index (χ4n) is 4.71. The van der Waals surface area contributed by atoms with Gasteiger partial charge in [0.25, 0.3) is 0 Å². The number of hydrogen-bond acceptors (Lipinski definition) is 3. The highest BCUT2D eigenvalue weighted by molar-refractivity contribution is 5.81. The van der Waals surface area contributed by atoms with Gasteiger partial charge in [0.05, 0.1) is 5.69 Å². The Morgan fingerprint density at radius 1 is 1.22 bits per heavy atom. The van der Waals surface area contributed by atoms with Gasteiger partial charge in [-0.05, 0) is 53.6 Å². The van der Waals surface area contributed by atoms with Crippen LogP contribution in [0, 0.1) is 24.1 Å². The number of carbonyl (C=O) groups excluding carboxylic acids is 1. The van der Waals surface area contributed by atoms with Gasteiger partial charge in [-0.15, -0.1) is 0 Å². The second-order valence-electron chi connectivity index (χ2n) is 10.5. The molecule has 0 aliphatic carbocycles. The highest BCUT2D eigenvalue weighted by atomic mass is 19.1. The van der Waals surface area contributed by atoms with Crippen molar-refractivity contribution in [1.29, 1.82) is 0 Å². The third-order valence-corrected chi connectivity index (χ3v) is 6.63. The van der Waals surface area contributed by atoms with E-state index < -0.39 is 16.9 Å². The van der Waals surface area contributed by atoms with Crippen molar-refractivity contribution in [2.45, 2.75) is 40.5 Å². The van der Waals surface area contributed by atoms with Crippen molar-refractivity contribution < 1.29 is 9.18 Å². The number of amides is 1. The van der Waals surface area contributed by atoms with E-state index >= 15 is 4.39 Å². The molecule has 1 fully saturated rings. The molecule has 1 N–H and O–H groups in total. The van der Waals surface area contributed by atoms with Gasteiger partial charge in [0.2, 0.25) is 5.91 Å². The molecule has 1 atom stereocenters. The number of carbonyl (C=O) groups is 1. The first-order chi connectivity index (χ1) is 17.1. The van der Waals surface area contributed by atoms with Crippen LogP contribution in [-0.2, 0) is 11.2 Å². The zero-order chi connectivity index (χ0) is 26.0. The molecular formula is C29H33FN4O2. The fourth-order valence-corrected chi connectivity index (χ4v) is 4.71. The quantitative estimate of drug-likeness (QED) is 0.478. The summed E-state index contributed by atoms with van der Waals surface area (Å²) in [7, 11) is 0. The van der Waals surface area contributed by atoms with Crippen molar-refractivity contribution in [3.05, 3.63) is 88.4 Å². The number of aromatic nitrogens is 3. The summed E-state index contributed by atoms with van der Waals surface area (Å²) in [4.78, 5) is 27.1. The number of halogens is 1. The zero-order valence-electron chi connectivity index (χ0n) is 21.3. The Hall–Kier alpha value is -3.74. The highest BCUT2D eigenvalue weighted by Crippen LogP contribution is 2.28. The summed E-state index contributed by atoms with van der Waals surface area (Å²) in [6.45, 7) is 12.7. The molecule has 4 rings (SSSR count). The lowest BCUT2D eigenvalue weighted by Gasteiger charge is -2.25. The molecule has 1 amide bonds. The number of benzene rings is 2. The summed E-state index contributed by atoms with van der Waals surface area (Å²) in [5.74, 6) is 0.243. The van der Waals surface area contributed by atoms with E-state index in [4.69, 9.17) is 0 Å². The lowest BCUT2D eigenvalue weighted by atomic mass is 9.95. The van der Waals surface area contributed by atoms with Gasteiger partial charge >= 0.3 is 5.69 Å². The molecule has 1 aliphatic rings. The van der Waals surface area contributed by atoms with Crippen LogP contribution in [0.2, 0.25) is 0 Å². The predicted octanol–water partition coefficient (Wildman–Crippen LogP) is 5.31. The van der Waals surface area contributed by atoms with Gasteiger partial charge < -0.3 is 4.90 Å². The van der Waals surface area contributed by atoms with E-state index in [1.54, 1.807) is 12.1 Å². The van der Waals surface area contributed by atoms with Crippen LogP contribution in [0.15, 0.2) is 59.9 Å². The molecule has 1 aromatic heterocycles. The summed E-state index contributed by atoms with van der Waals surface area (Å²) in [6.07, 6.45) is 6.88. The first-order valence-electron chi connectivity index (χ1n) is 12.2. The number of nitrogens with zero attached hydrogens (tertiary/aromatic N) is 3. The van der Waals surface area contributed by atoms with Gasteiger partial charge in [0.1, 0.15) is 11.6 Å². The van der Waals surface area contributed by atoms with Crippen molar-refractivity contribution in [2.75, 3.05) is 13.1 Å². The van der Waals surface area contributed by atoms with Crippen LogP contribution < -0.4 is 5.69 Å². The van der Waals surface area contributed by atoms with Crippen LogP contribution >= 0.6 is 0 Å². The smallest absolute Gasteiger partial charge is 0.342 e. The van der Waals surface area contributed by atoms with Gasteiger partial charge in [-0.3, -0.25) is 4.79 Å². The van der Waals surface area contributed by atoms with Gasteiger partial charge in [0.15, 0.2) is 0 Å². The van der Waals surface area contributed by atoms with Crippen LogP contribution in [0.25, 0.3) is 22.9 Å². The van der Waals surface area contributed by atoms with E-state index in [1.165, 1.54) is 10.6 Å². The third kappa shape index (κ3) is 5.25. The molecule has 2 heterocycles. The maximum atomic E-state index is 15.3. The van der Waals surface area contributed by atoms with E-state index in [-0.39, 0.29) is 17.5 Å². The molecule has 1 saturated heterocycles. The largest absolute Gasteiger partial charge is 0.348 e. The van der Waals surface area contributed by atoms with Crippen molar-refractivity contribution in [3.63, 3.8) is 0 Å². The summed E-state index contributed by atoms with van der Waals surface area (Å²) in [5.41, 5.74) is 3.00. The molecule has 0 bridgehead atoms. The Morgan fingerprint density at radius 2 is 1.94 bits per heavy atom. The van der Waals surface area contributed by atoms with Gasteiger partial charge in [-0.2, -0.15) is 5.10 Å². The van der Waals surface area contributed by atoms with E-state index in [0.717, 1.165) is 28.7 Å². The average Bonchev–Trinajstić information content (AvgIpc) is 3.44. The van der Waals surface area contributed by atoms with E-state index in [1.807, 2.05) is 69.0 Å². The van der Waals surface area contributed by atoms with Crippen molar-refractivity contribution in [1.82, 2.24) is 19.7 Å². The molecule has 3 aromatic rings. The van der Waals surface area contributed by atoms with Crippen LogP contribution in [0.1, 0.15) is 44.1 Å². The van der Waals surface area contributed by atoms with Crippen LogP contribution in [0.5, 0.6) is 0 Å². The van der Waals surface area contributed by atoms with E-state index in [9.17, 15) is 9.59 Å². The topological polar surface area (TPSA) is 71.0 Å². The molecule has 0 radical (unpaired) electrons. The van der Waals surface area contributed by atoms with Gasteiger partial charge in [0, 0.05) is 24.9 Å². The summed E-state index contributed by atoms with van der Waals surface area (Å²) >= 11 is 0. The first-order valence-corrected chi connectivity index (χ1v) is 12.2. The van der Waals surface area contributed by atoms with Crippen molar-refractivity contribution >= 4 is 12.0 Å². The molecule has 1 aliphatic heterocycles. The standard InChI is InChI=1S/C29H33FN4O2/c1-6-7-8-21-9-10-22(15-19(21)2)23-11-12-25(24(30)17-23)34-26(31-32-28(34)36)16-20-13-14-33(18-20)27(35)29(3,4)5/h6-12,15,17,20H,1,13-14,16,18H2,2-5H3,(H,32,36)/b8-7-/t20-/m0/s1.